The van der Waals surface area contributed by atoms with Gasteiger partial charge in [0.15, 0.2) is 0 Å². The van der Waals surface area contributed by atoms with Gasteiger partial charge in [-0.2, -0.15) is 5.26 Å². The Labute approximate surface area is 209 Å². The maximum Gasteiger partial charge on any atom is 0.239 e. The molecule has 3 aromatic rings. The van der Waals surface area contributed by atoms with Gasteiger partial charge >= 0.3 is 0 Å². The Hall–Kier alpha value is -3.64. The number of benzene rings is 1. The van der Waals surface area contributed by atoms with Crippen molar-refractivity contribution in [3.05, 3.63) is 58.4 Å². The quantitative estimate of drug-likeness (QED) is 0.520. The summed E-state index contributed by atoms with van der Waals surface area (Å²) >= 11 is 0. The molecule has 36 heavy (non-hydrogen) atoms. The van der Waals surface area contributed by atoms with E-state index < -0.39 is 11.8 Å². The van der Waals surface area contributed by atoms with Crippen molar-refractivity contribution in [3.63, 3.8) is 0 Å². The maximum atomic E-state index is 13.4. The number of hydrogen-bond acceptors (Lipinski definition) is 7. The Morgan fingerprint density at radius 2 is 2.08 bits per heavy atom. The Balaban J connectivity index is 1.50. The van der Waals surface area contributed by atoms with E-state index in [1.165, 1.54) is 0 Å². The van der Waals surface area contributed by atoms with E-state index >= 15 is 0 Å². The summed E-state index contributed by atoms with van der Waals surface area (Å²) in [6, 6.07) is 9.73. The number of ether oxygens (including phenoxy) is 1. The molecule has 1 N–H and O–H groups in total. The second-order valence-electron chi connectivity index (χ2n) is 9.85. The Morgan fingerprint density at radius 3 is 2.83 bits per heavy atom. The molecule has 0 saturated carbocycles. The summed E-state index contributed by atoms with van der Waals surface area (Å²) in [4.78, 5) is 16.0. The number of alkyl halides is 2. The minimum atomic E-state index is -2.41. The third kappa shape index (κ3) is 4.49. The highest BCUT2D eigenvalue weighted by Crippen LogP contribution is 2.45. The van der Waals surface area contributed by atoms with Gasteiger partial charge in [0, 0.05) is 37.7 Å². The van der Waals surface area contributed by atoms with Crippen molar-refractivity contribution in [2.24, 2.45) is 0 Å². The molecule has 0 radical (unpaired) electrons. The van der Waals surface area contributed by atoms with Crippen molar-refractivity contribution in [3.8, 4) is 23.2 Å². The SMILES string of the molecule is COc1nc2c(cc1Nc1nccc(-c3cc(C#N)c4c(c3)C(C)(CC(F)F)CC4)n1)CN(C)CC2. The van der Waals surface area contributed by atoms with E-state index in [-0.39, 0.29) is 6.42 Å². The fraction of sp³-hybridized carbons (Fsp3) is 0.407. The average Bonchev–Trinajstić information content (AvgIpc) is 3.18. The molecule has 1 aliphatic heterocycles. The number of nitrogens with one attached hydrogen (secondary N) is 1. The second-order valence-corrected chi connectivity index (χ2v) is 9.85. The van der Waals surface area contributed by atoms with E-state index in [9.17, 15) is 14.0 Å². The molecule has 2 aliphatic rings. The molecule has 3 heterocycles. The molecule has 186 valence electrons. The number of pyridine rings is 1. The molecule has 7 nitrogen and oxygen atoms in total. The van der Waals surface area contributed by atoms with Crippen LogP contribution in [0.2, 0.25) is 0 Å². The van der Waals surface area contributed by atoms with Gasteiger partial charge in [-0.1, -0.05) is 6.92 Å². The van der Waals surface area contributed by atoms with Crippen LogP contribution < -0.4 is 10.1 Å². The summed E-state index contributed by atoms with van der Waals surface area (Å²) < 4.78 is 32.3. The van der Waals surface area contributed by atoms with Crippen molar-refractivity contribution in [2.45, 2.75) is 51.0 Å². The van der Waals surface area contributed by atoms with Crippen LogP contribution in [0, 0.1) is 11.3 Å². The Bertz CT molecular complexity index is 1350. The van der Waals surface area contributed by atoms with Crippen molar-refractivity contribution in [2.75, 3.05) is 26.0 Å². The number of methoxy groups -OCH3 is 1. The normalized spacial score (nSPS) is 19.0. The van der Waals surface area contributed by atoms with Crippen LogP contribution in [0.25, 0.3) is 11.3 Å². The average molecular weight is 491 g/mol. The minimum Gasteiger partial charge on any atom is -0.480 e. The number of likely N-dealkylation sites (N-methyl/N-ethyl adjacent to an activating group) is 1. The molecular weight excluding hydrogens is 462 g/mol. The van der Waals surface area contributed by atoms with Crippen LogP contribution in [0.5, 0.6) is 5.88 Å². The molecule has 1 aromatic carbocycles. The third-order valence-corrected chi connectivity index (χ3v) is 7.27. The van der Waals surface area contributed by atoms with Gasteiger partial charge < -0.3 is 15.0 Å². The predicted molar refractivity (Wildman–Crippen MR) is 133 cm³/mol. The third-order valence-electron chi connectivity index (χ3n) is 7.27. The fourth-order valence-electron chi connectivity index (χ4n) is 5.35. The lowest BCUT2D eigenvalue weighted by Crippen LogP contribution is -2.27. The van der Waals surface area contributed by atoms with Crippen molar-refractivity contribution >= 4 is 11.6 Å². The van der Waals surface area contributed by atoms with Crippen LogP contribution in [0.4, 0.5) is 20.4 Å². The zero-order valence-electron chi connectivity index (χ0n) is 20.6. The molecule has 0 bridgehead atoms. The van der Waals surface area contributed by atoms with Crippen LogP contribution in [0.15, 0.2) is 30.5 Å². The number of nitrogens with zero attached hydrogens (tertiary/aromatic N) is 5. The summed E-state index contributed by atoms with van der Waals surface area (Å²) in [5, 5.41) is 13.0. The van der Waals surface area contributed by atoms with Gasteiger partial charge in [0.05, 0.1) is 30.1 Å². The summed E-state index contributed by atoms with van der Waals surface area (Å²) in [6.07, 6.45) is 1.07. The first-order valence-corrected chi connectivity index (χ1v) is 12.0. The smallest absolute Gasteiger partial charge is 0.239 e. The largest absolute Gasteiger partial charge is 0.480 e. The van der Waals surface area contributed by atoms with Gasteiger partial charge in [-0.15, -0.1) is 0 Å². The van der Waals surface area contributed by atoms with E-state index in [0.717, 1.165) is 41.9 Å². The second kappa shape index (κ2) is 9.43. The van der Waals surface area contributed by atoms with Gasteiger partial charge in [-0.05, 0) is 66.3 Å². The van der Waals surface area contributed by atoms with E-state index in [0.29, 0.717) is 47.2 Å². The van der Waals surface area contributed by atoms with Crippen LogP contribution in [0.3, 0.4) is 0 Å². The Kier molecular flexibility index (Phi) is 6.31. The first-order chi connectivity index (χ1) is 17.3. The van der Waals surface area contributed by atoms with Crippen LogP contribution in [-0.2, 0) is 24.8 Å². The van der Waals surface area contributed by atoms with E-state index in [1.54, 1.807) is 25.4 Å². The fourth-order valence-corrected chi connectivity index (χ4v) is 5.35. The number of aromatic nitrogens is 3. The van der Waals surface area contributed by atoms with Gasteiger partial charge in [-0.25, -0.2) is 23.7 Å². The first-order valence-electron chi connectivity index (χ1n) is 12.0. The number of hydrogen-bond donors (Lipinski definition) is 1. The monoisotopic (exact) mass is 490 g/mol. The van der Waals surface area contributed by atoms with Gasteiger partial charge in [-0.3, -0.25) is 0 Å². The summed E-state index contributed by atoms with van der Waals surface area (Å²) in [5.41, 5.74) is 5.64. The van der Waals surface area contributed by atoms with Gasteiger partial charge in [0.2, 0.25) is 18.3 Å². The van der Waals surface area contributed by atoms with Crippen molar-refractivity contribution < 1.29 is 13.5 Å². The molecule has 1 atom stereocenters. The van der Waals surface area contributed by atoms with E-state index in [2.05, 4.69) is 38.3 Å². The maximum absolute atomic E-state index is 13.4. The molecule has 9 heteroatoms. The van der Waals surface area contributed by atoms with Crippen LogP contribution in [-0.4, -0.2) is 47.0 Å². The zero-order chi connectivity index (χ0) is 25.4. The van der Waals surface area contributed by atoms with E-state index in [1.807, 2.05) is 19.1 Å². The predicted octanol–water partition coefficient (Wildman–Crippen LogP) is 5.01. The number of halogens is 2. The molecule has 0 spiro atoms. The van der Waals surface area contributed by atoms with Crippen molar-refractivity contribution in [1.82, 2.24) is 19.9 Å². The van der Waals surface area contributed by atoms with Crippen molar-refractivity contribution in [1.29, 1.82) is 5.26 Å². The molecule has 1 unspecified atom stereocenters. The first kappa shape index (κ1) is 24.1. The summed E-state index contributed by atoms with van der Waals surface area (Å²) in [7, 11) is 3.65. The molecule has 1 aliphatic carbocycles. The van der Waals surface area contributed by atoms with Gasteiger partial charge in [0.1, 0.15) is 5.69 Å². The number of anilines is 2. The Morgan fingerprint density at radius 1 is 1.25 bits per heavy atom. The minimum absolute atomic E-state index is 0.231. The topological polar surface area (TPSA) is 87.0 Å². The van der Waals surface area contributed by atoms with Crippen LogP contribution >= 0.6 is 0 Å². The molecule has 0 fully saturated rings. The molecule has 5 rings (SSSR count). The highest BCUT2D eigenvalue weighted by Gasteiger charge is 2.38. The molecule has 2 aromatic heterocycles. The zero-order valence-corrected chi connectivity index (χ0v) is 20.6. The number of nitriles is 1. The highest BCUT2D eigenvalue weighted by molar-refractivity contribution is 5.69. The highest BCUT2D eigenvalue weighted by atomic mass is 19.3. The molecule has 0 amide bonds. The lowest BCUT2D eigenvalue weighted by Gasteiger charge is -2.26. The number of fused-ring (bicyclic) bond motifs is 2. The van der Waals surface area contributed by atoms with Crippen LogP contribution in [0.1, 0.15) is 47.7 Å². The van der Waals surface area contributed by atoms with E-state index in [4.69, 9.17) is 4.74 Å². The lowest BCUT2D eigenvalue weighted by molar-refractivity contribution is 0.107. The lowest BCUT2D eigenvalue weighted by atomic mass is 9.80. The van der Waals surface area contributed by atoms with Gasteiger partial charge in [0.25, 0.3) is 0 Å². The summed E-state index contributed by atoms with van der Waals surface area (Å²) in [6.45, 7) is 3.60. The molecule has 0 saturated heterocycles. The summed E-state index contributed by atoms with van der Waals surface area (Å²) in [5.74, 6) is 0.824. The molecular formula is C27H28F2N6O. The standard InChI is InChI=1S/C27H28F2N6O/c1-27(13-24(28)29)7-4-19-17(14-30)10-16(11-20(19)27)21-5-8-31-26(33-21)34-23-12-18-15-35(2)9-6-22(18)32-25(23)36-3/h5,8,10-12,24H,4,6-7,9,13,15H2,1-3H3,(H,31,33,34). The number of rotatable bonds is 6.